The molecule has 0 saturated carbocycles. The van der Waals surface area contributed by atoms with Gasteiger partial charge in [-0.3, -0.25) is 4.79 Å². The number of aryl methyl sites for hydroxylation is 1. The summed E-state index contributed by atoms with van der Waals surface area (Å²) in [6.07, 6.45) is -4.85. The minimum absolute atomic E-state index is 0.00305. The first-order valence-electron chi connectivity index (χ1n) is 10.5. The summed E-state index contributed by atoms with van der Waals surface area (Å²) < 4.78 is 66.4. The van der Waals surface area contributed by atoms with Gasteiger partial charge in [-0.1, -0.05) is 0 Å². The Kier molecular flexibility index (Phi) is 8.52. The van der Waals surface area contributed by atoms with Crippen LogP contribution in [0, 0.1) is 18.6 Å². The van der Waals surface area contributed by atoms with Gasteiger partial charge in [-0.05, 0) is 63.9 Å². The van der Waals surface area contributed by atoms with Crippen molar-refractivity contribution < 1.29 is 41.7 Å². The molecular weight excluding hydrogens is 458 g/mol. The topological polar surface area (TPSA) is 84.9 Å². The third kappa shape index (κ3) is 6.85. The molecule has 0 radical (unpaired) electrons. The van der Waals surface area contributed by atoms with Crippen LogP contribution in [0.15, 0.2) is 24.3 Å². The number of carbonyl (C=O) groups is 2. The molecule has 10 heteroatoms. The molecule has 0 fully saturated rings. The quantitative estimate of drug-likeness (QED) is 0.366. The van der Waals surface area contributed by atoms with E-state index in [-0.39, 0.29) is 23.3 Å². The largest absolute Gasteiger partial charge is 0.507 e. The van der Waals surface area contributed by atoms with E-state index in [2.05, 4.69) is 5.32 Å². The standard InChI is InChI=1S/C24H27F4NO5/c1-6-33-19(31)11-17(29-23(32)34-24(3,4)5)15-8-13(9-16(21(15)26)22(27)28)20-12(2)7-14(25)10-18(20)30/h7-10,17,22,30H,6,11H2,1-5H3,(H,29,32)/t17-/m0/s1. The number of esters is 1. The molecule has 2 N–H and O–H groups in total. The van der Waals surface area contributed by atoms with Gasteiger partial charge in [0.15, 0.2) is 0 Å². The number of hydrogen-bond donors (Lipinski definition) is 2. The molecule has 0 aliphatic carbocycles. The van der Waals surface area contributed by atoms with Crippen LogP contribution in [0.25, 0.3) is 11.1 Å². The molecule has 0 aromatic heterocycles. The Balaban J connectivity index is 2.68. The van der Waals surface area contributed by atoms with Crippen molar-refractivity contribution in [2.24, 2.45) is 0 Å². The summed E-state index contributed by atoms with van der Waals surface area (Å²) in [4.78, 5) is 24.5. The number of amides is 1. The zero-order valence-corrected chi connectivity index (χ0v) is 19.5. The Morgan fingerprint density at radius 1 is 1.09 bits per heavy atom. The molecule has 2 aromatic carbocycles. The van der Waals surface area contributed by atoms with Crippen molar-refractivity contribution in [3.05, 3.63) is 52.6 Å². The van der Waals surface area contributed by atoms with Gasteiger partial charge in [-0.25, -0.2) is 22.4 Å². The molecule has 6 nitrogen and oxygen atoms in total. The van der Waals surface area contributed by atoms with E-state index in [1.807, 2.05) is 0 Å². The Hall–Kier alpha value is -3.30. The summed E-state index contributed by atoms with van der Waals surface area (Å²) in [7, 11) is 0. The van der Waals surface area contributed by atoms with Gasteiger partial charge in [0.2, 0.25) is 0 Å². The minimum atomic E-state index is -3.26. The number of phenolic OH excluding ortho intramolecular Hbond substituents is 1. The highest BCUT2D eigenvalue weighted by molar-refractivity contribution is 5.77. The Morgan fingerprint density at radius 3 is 2.24 bits per heavy atom. The highest BCUT2D eigenvalue weighted by atomic mass is 19.3. The number of alkyl carbamates (subject to hydrolysis) is 1. The fourth-order valence-corrected chi connectivity index (χ4v) is 3.40. The summed E-state index contributed by atoms with van der Waals surface area (Å²) in [5.74, 6) is -3.45. The number of carbonyl (C=O) groups excluding carboxylic acids is 2. The second kappa shape index (κ2) is 10.8. The highest BCUT2D eigenvalue weighted by Crippen LogP contribution is 2.39. The Morgan fingerprint density at radius 2 is 1.71 bits per heavy atom. The lowest BCUT2D eigenvalue weighted by Crippen LogP contribution is -2.36. The van der Waals surface area contributed by atoms with Crippen molar-refractivity contribution in [3.8, 4) is 16.9 Å². The zero-order chi connectivity index (χ0) is 25.8. The third-order valence-electron chi connectivity index (χ3n) is 4.67. The number of alkyl halides is 2. The van der Waals surface area contributed by atoms with Gasteiger partial charge in [0, 0.05) is 17.2 Å². The first-order chi connectivity index (χ1) is 15.7. The predicted octanol–water partition coefficient (Wildman–Crippen LogP) is 6.10. The van der Waals surface area contributed by atoms with Gasteiger partial charge in [-0.2, -0.15) is 0 Å². The van der Waals surface area contributed by atoms with E-state index in [4.69, 9.17) is 9.47 Å². The molecule has 34 heavy (non-hydrogen) atoms. The molecule has 0 bridgehead atoms. The van der Waals surface area contributed by atoms with Gasteiger partial charge in [0.1, 0.15) is 23.0 Å². The van der Waals surface area contributed by atoms with E-state index in [9.17, 15) is 27.9 Å². The first kappa shape index (κ1) is 26.9. The molecule has 1 amide bonds. The fraction of sp³-hybridized carbons (Fsp3) is 0.417. The first-order valence-corrected chi connectivity index (χ1v) is 10.5. The van der Waals surface area contributed by atoms with Gasteiger partial charge in [0.05, 0.1) is 24.6 Å². The van der Waals surface area contributed by atoms with Crippen molar-refractivity contribution >= 4 is 12.1 Å². The molecule has 1 atom stereocenters. The van der Waals surface area contributed by atoms with Crippen LogP contribution in [0.1, 0.15) is 63.3 Å². The number of benzene rings is 2. The molecule has 2 aromatic rings. The summed E-state index contributed by atoms with van der Waals surface area (Å²) >= 11 is 0. The number of hydrogen-bond acceptors (Lipinski definition) is 5. The summed E-state index contributed by atoms with van der Waals surface area (Å²) in [5.41, 5.74) is -2.25. The van der Waals surface area contributed by atoms with Crippen LogP contribution in [-0.4, -0.2) is 29.4 Å². The fourth-order valence-electron chi connectivity index (χ4n) is 3.40. The molecular formula is C24H27F4NO5. The maximum absolute atomic E-state index is 15.2. The molecule has 0 heterocycles. The van der Waals surface area contributed by atoms with Gasteiger partial charge in [-0.15, -0.1) is 0 Å². The summed E-state index contributed by atoms with van der Waals surface area (Å²) in [6.45, 7) is 7.75. The third-order valence-corrected chi connectivity index (χ3v) is 4.67. The van der Waals surface area contributed by atoms with Gasteiger partial charge < -0.3 is 19.9 Å². The highest BCUT2D eigenvalue weighted by Gasteiger charge is 2.29. The molecule has 186 valence electrons. The average Bonchev–Trinajstić information content (AvgIpc) is 2.66. The van der Waals surface area contributed by atoms with Crippen LogP contribution in [0.2, 0.25) is 0 Å². The van der Waals surface area contributed by atoms with Gasteiger partial charge >= 0.3 is 12.1 Å². The van der Waals surface area contributed by atoms with Crippen LogP contribution in [-0.2, 0) is 14.3 Å². The molecule has 0 saturated heterocycles. The molecule has 2 rings (SSSR count). The second-order valence-electron chi connectivity index (χ2n) is 8.59. The maximum Gasteiger partial charge on any atom is 0.408 e. The van der Waals surface area contributed by atoms with Crippen molar-refractivity contribution in [2.45, 2.75) is 59.1 Å². The normalized spacial score (nSPS) is 12.4. The zero-order valence-electron chi connectivity index (χ0n) is 19.5. The van der Waals surface area contributed by atoms with Crippen LogP contribution in [0.4, 0.5) is 22.4 Å². The number of nitrogens with one attached hydrogen (secondary N) is 1. The van der Waals surface area contributed by atoms with Crippen molar-refractivity contribution in [1.82, 2.24) is 5.32 Å². The van der Waals surface area contributed by atoms with E-state index >= 15 is 4.39 Å². The van der Waals surface area contributed by atoms with E-state index in [1.54, 1.807) is 27.7 Å². The Bertz CT molecular complexity index is 1040. The molecule has 0 aliphatic heterocycles. The number of phenols is 1. The predicted molar refractivity (Wildman–Crippen MR) is 117 cm³/mol. The molecule has 0 unspecified atom stereocenters. The monoisotopic (exact) mass is 485 g/mol. The number of rotatable bonds is 7. The lowest BCUT2D eigenvalue weighted by molar-refractivity contribution is -0.143. The van der Waals surface area contributed by atoms with E-state index in [0.717, 1.165) is 24.3 Å². The van der Waals surface area contributed by atoms with Crippen LogP contribution in [0.5, 0.6) is 5.75 Å². The summed E-state index contributed by atoms with van der Waals surface area (Å²) in [5, 5.41) is 12.6. The van der Waals surface area contributed by atoms with Crippen molar-refractivity contribution in [1.29, 1.82) is 0 Å². The number of halogens is 4. The number of aromatic hydroxyl groups is 1. The van der Waals surface area contributed by atoms with E-state index in [1.165, 1.54) is 6.92 Å². The number of ether oxygens (including phenoxy) is 2. The van der Waals surface area contributed by atoms with E-state index in [0.29, 0.717) is 0 Å². The van der Waals surface area contributed by atoms with Crippen LogP contribution >= 0.6 is 0 Å². The molecule has 0 spiro atoms. The van der Waals surface area contributed by atoms with Gasteiger partial charge in [0.25, 0.3) is 6.43 Å². The van der Waals surface area contributed by atoms with Crippen molar-refractivity contribution in [2.75, 3.05) is 6.61 Å². The van der Waals surface area contributed by atoms with Crippen molar-refractivity contribution in [3.63, 3.8) is 0 Å². The van der Waals surface area contributed by atoms with Crippen LogP contribution < -0.4 is 5.32 Å². The summed E-state index contributed by atoms with van der Waals surface area (Å²) in [6, 6.07) is 2.38. The smallest absolute Gasteiger partial charge is 0.408 e. The minimum Gasteiger partial charge on any atom is -0.507 e. The lowest BCUT2D eigenvalue weighted by Gasteiger charge is -2.25. The van der Waals surface area contributed by atoms with E-state index < -0.39 is 65.1 Å². The SMILES string of the molecule is CCOC(=O)C[C@H](NC(=O)OC(C)(C)C)c1cc(-c2c(C)cc(F)cc2O)cc(C(F)F)c1F. The van der Waals surface area contributed by atoms with Crippen LogP contribution in [0.3, 0.4) is 0 Å². The maximum atomic E-state index is 15.2. The Labute approximate surface area is 194 Å². The lowest BCUT2D eigenvalue weighted by atomic mass is 9.92. The molecule has 0 aliphatic rings. The second-order valence-corrected chi connectivity index (χ2v) is 8.59. The average molecular weight is 485 g/mol.